The maximum Gasteiger partial charge on any atom is 0.109 e. The number of benzene rings is 1. The number of imidazole rings is 1. The fraction of sp³-hybridized carbons (Fsp3) is 0.263. The molecule has 0 aliphatic carbocycles. The molecule has 0 spiro atoms. The van der Waals surface area contributed by atoms with E-state index in [1.165, 1.54) is 34.0 Å². The van der Waals surface area contributed by atoms with Crippen molar-refractivity contribution in [2.45, 2.75) is 31.2 Å². The van der Waals surface area contributed by atoms with Crippen LogP contribution in [0.1, 0.15) is 17.9 Å². The van der Waals surface area contributed by atoms with Gasteiger partial charge < -0.3 is 4.57 Å². The summed E-state index contributed by atoms with van der Waals surface area (Å²) in [5, 5.41) is 0. The first-order chi connectivity index (χ1) is 11.3. The molecule has 0 unspecified atom stereocenters. The summed E-state index contributed by atoms with van der Waals surface area (Å²) in [7, 11) is 0. The number of pyridine rings is 1. The lowest BCUT2D eigenvalue weighted by Gasteiger charge is -2.09. The smallest absolute Gasteiger partial charge is 0.109 e. The summed E-state index contributed by atoms with van der Waals surface area (Å²) in [4.78, 5) is 10.6. The number of aromatic nitrogens is 3. The van der Waals surface area contributed by atoms with Gasteiger partial charge >= 0.3 is 0 Å². The van der Waals surface area contributed by atoms with Crippen LogP contribution >= 0.6 is 11.8 Å². The van der Waals surface area contributed by atoms with Crippen molar-refractivity contribution in [2.75, 3.05) is 6.26 Å². The summed E-state index contributed by atoms with van der Waals surface area (Å²) in [6.45, 7) is 3.10. The molecule has 23 heavy (non-hydrogen) atoms. The molecule has 0 fully saturated rings. The molecule has 3 heterocycles. The van der Waals surface area contributed by atoms with Crippen LogP contribution in [0.25, 0.3) is 22.5 Å². The van der Waals surface area contributed by atoms with Gasteiger partial charge in [-0.05, 0) is 43.9 Å². The van der Waals surface area contributed by atoms with Crippen molar-refractivity contribution in [3.63, 3.8) is 0 Å². The lowest BCUT2D eigenvalue weighted by Crippen LogP contribution is -1.97. The summed E-state index contributed by atoms with van der Waals surface area (Å²) >= 11 is 1.77. The van der Waals surface area contributed by atoms with Crippen LogP contribution in [0, 0.1) is 6.92 Å². The van der Waals surface area contributed by atoms with Crippen LogP contribution in [0.15, 0.2) is 47.5 Å². The molecule has 0 amide bonds. The highest BCUT2D eigenvalue weighted by Crippen LogP contribution is 2.36. The predicted molar refractivity (Wildman–Crippen MR) is 95.7 cm³/mol. The minimum Gasteiger partial charge on any atom is -0.327 e. The predicted octanol–water partition coefficient (Wildman–Crippen LogP) is 4.59. The van der Waals surface area contributed by atoms with Crippen LogP contribution in [-0.4, -0.2) is 20.8 Å². The van der Waals surface area contributed by atoms with Crippen LogP contribution in [0.5, 0.6) is 0 Å². The highest BCUT2D eigenvalue weighted by molar-refractivity contribution is 7.98. The van der Waals surface area contributed by atoms with E-state index in [0.717, 1.165) is 24.4 Å². The van der Waals surface area contributed by atoms with Gasteiger partial charge in [0.15, 0.2) is 0 Å². The van der Waals surface area contributed by atoms with Gasteiger partial charge in [0.2, 0.25) is 0 Å². The normalized spacial score (nSPS) is 13.3. The number of hydrogen-bond acceptors (Lipinski definition) is 3. The molecule has 3 nitrogen and oxygen atoms in total. The molecule has 1 aliphatic rings. The van der Waals surface area contributed by atoms with E-state index in [1.54, 1.807) is 11.8 Å². The zero-order valence-corrected chi connectivity index (χ0v) is 14.2. The number of nitrogens with zero attached hydrogens (tertiary/aromatic N) is 3. The van der Waals surface area contributed by atoms with Gasteiger partial charge in [0.1, 0.15) is 5.82 Å². The van der Waals surface area contributed by atoms with Gasteiger partial charge in [-0.2, -0.15) is 0 Å². The molecule has 1 aliphatic heterocycles. The first-order valence-corrected chi connectivity index (χ1v) is 9.15. The number of fused-ring (bicyclic) bond motifs is 1. The van der Waals surface area contributed by atoms with Crippen molar-refractivity contribution in [1.82, 2.24) is 14.5 Å². The van der Waals surface area contributed by atoms with E-state index in [4.69, 9.17) is 4.98 Å². The van der Waals surface area contributed by atoms with Crippen molar-refractivity contribution >= 4 is 11.8 Å². The first kappa shape index (κ1) is 14.5. The van der Waals surface area contributed by atoms with Crippen molar-refractivity contribution in [3.05, 3.63) is 54.1 Å². The van der Waals surface area contributed by atoms with Gasteiger partial charge in [-0.25, -0.2) is 4.98 Å². The number of rotatable bonds is 3. The molecular weight excluding hydrogens is 302 g/mol. The third-order valence-corrected chi connectivity index (χ3v) is 5.11. The monoisotopic (exact) mass is 321 g/mol. The second kappa shape index (κ2) is 5.85. The second-order valence-corrected chi connectivity index (χ2v) is 6.77. The Morgan fingerprint density at radius 3 is 2.65 bits per heavy atom. The van der Waals surface area contributed by atoms with Crippen LogP contribution in [-0.2, 0) is 13.0 Å². The SMILES string of the molecule is CSc1ccc(-c2nc3n(c2-c2ccnc(C)c2)CCC3)cc1. The summed E-state index contributed by atoms with van der Waals surface area (Å²) in [5.41, 5.74) is 5.77. The van der Waals surface area contributed by atoms with Gasteiger partial charge in [0.25, 0.3) is 0 Å². The Labute approximate surface area is 140 Å². The molecule has 1 aromatic carbocycles. The standard InChI is InChI=1S/C19H19N3S/c1-13-12-15(9-10-20-13)19-18(21-17-4-3-11-22(17)19)14-5-7-16(23-2)8-6-14/h5-10,12H,3-4,11H2,1-2H3. The van der Waals surface area contributed by atoms with Crippen LogP contribution in [0.4, 0.5) is 0 Å². The Morgan fingerprint density at radius 1 is 1.09 bits per heavy atom. The average molecular weight is 321 g/mol. The number of thioether (sulfide) groups is 1. The molecule has 0 saturated heterocycles. The van der Waals surface area contributed by atoms with Gasteiger partial charge in [0.05, 0.1) is 11.4 Å². The van der Waals surface area contributed by atoms with E-state index in [2.05, 4.69) is 52.2 Å². The van der Waals surface area contributed by atoms with Gasteiger partial charge in [-0.15, -0.1) is 11.8 Å². The molecule has 3 aromatic rings. The zero-order valence-electron chi connectivity index (χ0n) is 13.4. The number of aryl methyl sites for hydroxylation is 2. The van der Waals surface area contributed by atoms with Gasteiger partial charge in [0, 0.05) is 40.9 Å². The largest absolute Gasteiger partial charge is 0.327 e. The third-order valence-electron chi connectivity index (χ3n) is 4.36. The summed E-state index contributed by atoms with van der Waals surface area (Å²) in [6.07, 6.45) is 6.25. The lowest BCUT2D eigenvalue weighted by atomic mass is 10.0. The highest BCUT2D eigenvalue weighted by Gasteiger charge is 2.23. The van der Waals surface area contributed by atoms with Crippen LogP contribution in [0.3, 0.4) is 0 Å². The molecule has 0 atom stereocenters. The van der Waals surface area contributed by atoms with E-state index in [0.29, 0.717) is 0 Å². The molecule has 0 saturated carbocycles. The third kappa shape index (κ3) is 2.57. The maximum absolute atomic E-state index is 4.96. The fourth-order valence-corrected chi connectivity index (χ4v) is 3.67. The molecule has 2 aromatic heterocycles. The maximum atomic E-state index is 4.96. The Hall–Kier alpha value is -2.07. The van der Waals surface area contributed by atoms with Crippen molar-refractivity contribution in [1.29, 1.82) is 0 Å². The first-order valence-electron chi connectivity index (χ1n) is 7.93. The van der Waals surface area contributed by atoms with Crippen LogP contribution in [0.2, 0.25) is 0 Å². The summed E-state index contributed by atoms with van der Waals surface area (Å²) < 4.78 is 2.38. The van der Waals surface area contributed by atoms with E-state index in [-0.39, 0.29) is 0 Å². The minimum atomic E-state index is 1.04. The van der Waals surface area contributed by atoms with Crippen molar-refractivity contribution < 1.29 is 0 Å². The fourth-order valence-electron chi connectivity index (χ4n) is 3.26. The van der Waals surface area contributed by atoms with E-state index in [9.17, 15) is 0 Å². The Balaban J connectivity index is 1.90. The van der Waals surface area contributed by atoms with Gasteiger partial charge in [-0.3, -0.25) is 4.98 Å². The quantitative estimate of drug-likeness (QED) is 0.661. The Kier molecular flexibility index (Phi) is 3.69. The molecular formula is C19H19N3S. The zero-order chi connectivity index (χ0) is 15.8. The highest BCUT2D eigenvalue weighted by atomic mass is 32.2. The van der Waals surface area contributed by atoms with Crippen molar-refractivity contribution in [2.24, 2.45) is 0 Å². The molecule has 116 valence electrons. The number of hydrogen-bond donors (Lipinski definition) is 0. The van der Waals surface area contributed by atoms with Crippen molar-refractivity contribution in [3.8, 4) is 22.5 Å². The van der Waals surface area contributed by atoms with Gasteiger partial charge in [-0.1, -0.05) is 12.1 Å². The summed E-state index contributed by atoms with van der Waals surface area (Å²) in [6, 6.07) is 13.0. The van der Waals surface area contributed by atoms with E-state index >= 15 is 0 Å². The minimum absolute atomic E-state index is 1.04. The van der Waals surface area contributed by atoms with E-state index < -0.39 is 0 Å². The Bertz CT molecular complexity index is 850. The molecule has 0 radical (unpaired) electrons. The molecule has 4 heteroatoms. The summed E-state index contributed by atoms with van der Waals surface area (Å²) in [5.74, 6) is 1.21. The average Bonchev–Trinajstić information content (AvgIpc) is 3.15. The topological polar surface area (TPSA) is 30.7 Å². The lowest BCUT2D eigenvalue weighted by molar-refractivity contribution is 0.756. The van der Waals surface area contributed by atoms with Crippen LogP contribution < -0.4 is 0 Å². The molecule has 0 bridgehead atoms. The Morgan fingerprint density at radius 2 is 1.91 bits per heavy atom. The molecule has 4 rings (SSSR count). The second-order valence-electron chi connectivity index (χ2n) is 5.89. The molecule has 0 N–H and O–H groups in total. The van der Waals surface area contributed by atoms with E-state index in [1.807, 2.05) is 13.1 Å².